The van der Waals surface area contributed by atoms with E-state index in [4.69, 9.17) is 10.5 Å². The monoisotopic (exact) mass is 265 g/mol. The van der Waals surface area contributed by atoms with E-state index in [2.05, 4.69) is 10.3 Å². The first-order valence-corrected chi connectivity index (χ1v) is 6.04. The molecule has 1 aromatic heterocycles. The molecule has 1 amide bonds. The fourth-order valence-corrected chi connectivity index (χ4v) is 1.63. The molecule has 1 rings (SSSR count). The van der Waals surface area contributed by atoms with Gasteiger partial charge in [0.1, 0.15) is 11.9 Å². The summed E-state index contributed by atoms with van der Waals surface area (Å²) in [5.41, 5.74) is 5.45. The smallest absolute Gasteiger partial charge is 0.328 e. The second-order valence-corrected chi connectivity index (χ2v) is 4.65. The molecule has 1 heterocycles. The van der Waals surface area contributed by atoms with Crippen LogP contribution in [0.15, 0.2) is 18.3 Å². The molecule has 0 aliphatic heterocycles. The number of rotatable bonds is 6. The standard InChI is InChI=1S/C13H19N3O3/c1-8(2)6-10(13(18)19-3)16-11-5-4-9(7-15-11)12(14)17/h4-5,7-8,10H,6H2,1-3H3,(H2,14,17)(H,15,16). The first-order chi connectivity index (χ1) is 8.93. The first-order valence-electron chi connectivity index (χ1n) is 6.04. The van der Waals surface area contributed by atoms with Crippen LogP contribution in [0.25, 0.3) is 0 Å². The van der Waals surface area contributed by atoms with Gasteiger partial charge in [-0.2, -0.15) is 0 Å². The van der Waals surface area contributed by atoms with Crippen LogP contribution in [0.4, 0.5) is 5.82 Å². The molecular formula is C13H19N3O3. The van der Waals surface area contributed by atoms with Gasteiger partial charge in [-0.1, -0.05) is 13.8 Å². The Hall–Kier alpha value is -2.11. The average Bonchev–Trinajstić information content (AvgIpc) is 2.37. The van der Waals surface area contributed by atoms with Crippen molar-refractivity contribution in [2.75, 3.05) is 12.4 Å². The third-order valence-electron chi connectivity index (χ3n) is 2.56. The fourth-order valence-electron chi connectivity index (χ4n) is 1.63. The van der Waals surface area contributed by atoms with Gasteiger partial charge < -0.3 is 15.8 Å². The molecule has 19 heavy (non-hydrogen) atoms. The molecule has 1 unspecified atom stereocenters. The number of amides is 1. The number of esters is 1. The van der Waals surface area contributed by atoms with E-state index < -0.39 is 11.9 Å². The van der Waals surface area contributed by atoms with E-state index in [0.717, 1.165) is 0 Å². The van der Waals surface area contributed by atoms with Crippen LogP contribution in [-0.2, 0) is 9.53 Å². The molecule has 3 N–H and O–H groups in total. The van der Waals surface area contributed by atoms with Crippen LogP contribution in [0.1, 0.15) is 30.6 Å². The third kappa shape index (κ3) is 4.57. The van der Waals surface area contributed by atoms with Gasteiger partial charge in [0.2, 0.25) is 5.91 Å². The fraction of sp³-hybridized carbons (Fsp3) is 0.462. The van der Waals surface area contributed by atoms with Crippen LogP contribution in [0.2, 0.25) is 0 Å². The maximum absolute atomic E-state index is 11.6. The molecule has 6 nitrogen and oxygen atoms in total. The molecule has 104 valence electrons. The summed E-state index contributed by atoms with van der Waals surface area (Å²) in [6.07, 6.45) is 2.00. The largest absolute Gasteiger partial charge is 0.467 e. The highest BCUT2D eigenvalue weighted by Crippen LogP contribution is 2.12. The Balaban J connectivity index is 2.78. The van der Waals surface area contributed by atoms with Crippen LogP contribution in [0.3, 0.4) is 0 Å². The summed E-state index contributed by atoms with van der Waals surface area (Å²) in [5, 5.41) is 2.99. The van der Waals surface area contributed by atoms with Gasteiger partial charge >= 0.3 is 5.97 Å². The van der Waals surface area contributed by atoms with Crippen LogP contribution in [-0.4, -0.2) is 30.0 Å². The molecule has 0 fully saturated rings. The number of primary amides is 1. The van der Waals surface area contributed by atoms with Crippen molar-refractivity contribution < 1.29 is 14.3 Å². The van der Waals surface area contributed by atoms with Gasteiger partial charge in [0.05, 0.1) is 12.7 Å². The lowest BCUT2D eigenvalue weighted by molar-refractivity contribution is -0.141. The number of pyridine rings is 1. The summed E-state index contributed by atoms with van der Waals surface area (Å²) in [4.78, 5) is 26.6. The summed E-state index contributed by atoms with van der Waals surface area (Å²) in [6, 6.07) is 2.70. The minimum Gasteiger partial charge on any atom is -0.467 e. The van der Waals surface area contributed by atoms with Crippen molar-refractivity contribution >= 4 is 17.7 Å². The van der Waals surface area contributed by atoms with Crippen molar-refractivity contribution in [3.63, 3.8) is 0 Å². The van der Waals surface area contributed by atoms with Crippen LogP contribution in [0.5, 0.6) is 0 Å². The van der Waals surface area contributed by atoms with Gasteiger partial charge in [-0.15, -0.1) is 0 Å². The molecule has 0 aliphatic rings. The lowest BCUT2D eigenvalue weighted by Crippen LogP contribution is -2.32. The lowest BCUT2D eigenvalue weighted by atomic mass is 10.0. The van der Waals surface area contributed by atoms with E-state index in [1.54, 1.807) is 12.1 Å². The molecule has 0 bridgehead atoms. The number of ether oxygens (including phenoxy) is 1. The summed E-state index contributed by atoms with van der Waals surface area (Å²) in [5.74, 6) is -0.0391. The van der Waals surface area contributed by atoms with Crippen LogP contribution in [0, 0.1) is 5.92 Å². The lowest BCUT2D eigenvalue weighted by Gasteiger charge is -2.18. The molecule has 1 aromatic rings. The molecule has 1 atom stereocenters. The number of anilines is 1. The van der Waals surface area contributed by atoms with E-state index in [1.807, 2.05) is 13.8 Å². The first kappa shape index (κ1) is 14.9. The predicted molar refractivity (Wildman–Crippen MR) is 71.6 cm³/mol. The summed E-state index contributed by atoms with van der Waals surface area (Å²) in [7, 11) is 1.35. The molecule has 0 spiro atoms. The predicted octanol–water partition coefficient (Wildman–Crippen LogP) is 1.18. The van der Waals surface area contributed by atoms with E-state index in [1.165, 1.54) is 13.3 Å². The number of nitrogens with one attached hydrogen (secondary N) is 1. The zero-order valence-corrected chi connectivity index (χ0v) is 11.3. The van der Waals surface area contributed by atoms with Crippen molar-refractivity contribution in [2.24, 2.45) is 11.7 Å². The molecule has 0 saturated heterocycles. The van der Waals surface area contributed by atoms with E-state index in [-0.39, 0.29) is 5.97 Å². The van der Waals surface area contributed by atoms with Gasteiger partial charge in [-0.05, 0) is 24.5 Å². The van der Waals surface area contributed by atoms with Crippen molar-refractivity contribution in [3.05, 3.63) is 23.9 Å². The van der Waals surface area contributed by atoms with Crippen molar-refractivity contribution in [3.8, 4) is 0 Å². The van der Waals surface area contributed by atoms with Crippen LogP contribution >= 0.6 is 0 Å². The Kier molecular flexibility index (Phi) is 5.29. The Morgan fingerprint density at radius 3 is 2.53 bits per heavy atom. The minimum absolute atomic E-state index is 0.323. The normalized spacial score (nSPS) is 12.0. The average molecular weight is 265 g/mol. The zero-order chi connectivity index (χ0) is 14.4. The number of aromatic nitrogens is 1. The maximum atomic E-state index is 11.6. The molecule has 0 radical (unpaired) electrons. The molecule has 0 saturated carbocycles. The number of methoxy groups -OCH3 is 1. The number of carbonyl (C=O) groups excluding carboxylic acids is 2. The summed E-state index contributed by atoms with van der Waals surface area (Å²) < 4.78 is 4.74. The highest BCUT2D eigenvalue weighted by molar-refractivity contribution is 5.92. The van der Waals surface area contributed by atoms with Crippen LogP contribution < -0.4 is 11.1 Å². The number of carbonyl (C=O) groups is 2. The highest BCUT2D eigenvalue weighted by Gasteiger charge is 2.20. The molecule has 0 aliphatic carbocycles. The second-order valence-electron chi connectivity index (χ2n) is 4.65. The number of hydrogen-bond donors (Lipinski definition) is 2. The molecular weight excluding hydrogens is 246 g/mol. The summed E-state index contributed by atoms with van der Waals surface area (Å²) >= 11 is 0. The number of hydrogen-bond acceptors (Lipinski definition) is 5. The van der Waals surface area contributed by atoms with Crippen molar-refractivity contribution in [1.82, 2.24) is 4.98 Å². The zero-order valence-electron chi connectivity index (χ0n) is 11.3. The Morgan fingerprint density at radius 1 is 1.42 bits per heavy atom. The van der Waals surface area contributed by atoms with Crippen molar-refractivity contribution in [1.29, 1.82) is 0 Å². The van der Waals surface area contributed by atoms with Gasteiger partial charge in [0, 0.05) is 6.20 Å². The number of nitrogens with two attached hydrogens (primary N) is 1. The minimum atomic E-state index is -0.536. The number of nitrogens with zero attached hydrogens (tertiary/aromatic N) is 1. The SMILES string of the molecule is COC(=O)C(CC(C)C)Nc1ccc(C(N)=O)cn1. The Bertz CT molecular complexity index is 443. The van der Waals surface area contributed by atoms with Gasteiger partial charge in [-0.25, -0.2) is 9.78 Å². The molecule has 0 aromatic carbocycles. The van der Waals surface area contributed by atoms with Gasteiger partial charge in [0.25, 0.3) is 0 Å². The third-order valence-corrected chi connectivity index (χ3v) is 2.56. The van der Waals surface area contributed by atoms with E-state index in [9.17, 15) is 9.59 Å². The summed E-state index contributed by atoms with van der Waals surface area (Å²) in [6.45, 7) is 4.03. The quantitative estimate of drug-likeness (QED) is 0.753. The highest BCUT2D eigenvalue weighted by atomic mass is 16.5. The van der Waals surface area contributed by atoms with E-state index in [0.29, 0.717) is 23.7 Å². The maximum Gasteiger partial charge on any atom is 0.328 e. The van der Waals surface area contributed by atoms with Gasteiger partial charge in [-0.3, -0.25) is 4.79 Å². The Morgan fingerprint density at radius 2 is 2.11 bits per heavy atom. The Labute approximate surface area is 112 Å². The van der Waals surface area contributed by atoms with Crippen molar-refractivity contribution in [2.45, 2.75) is 26.3 Å². The van der Waals surface area contributed by atoms with E-state index >= 15 is 0 Å². The second kappa shape index (κ2) is 6.72. The topological polar surface area (TPSA) is 94.3 Å². The van der Waals surface area contributed by atoms with Gasteiger partial charge in [0.15, 0.2) is 0 Å². The molecule has 6 heteroatoms.